The molecule has 0 heterocycles. The minimum Gasteiger partial charge on any atom is -0.345 e. The van der Waals surface area contributed by atoms with Crippen molar-refractivity contribution in [1.82, 2.24) is 0 Å². The summed E-state index contributed by atoms with van der Waals surface area (Å²) in [6, 6.07) is 20.4. The second-order valence-electron chi connectivity index (χ2n) is 3.90. The van der Waals surface area contributed by atoms with E-state index in [4.69, 9.17) is 5.26 Å². The van der Waals surface area contributed by atoms with Crippen LogP contribution in [0, 0.1) is 11.3 Å². The molecule has 2 heteroatoms. The summed E-state index contributed by atoms with van der Waals surface area (Å²) in [6.07, 6.45) is 0.468. The van der Waals surface area contributed by atoms with E-state index in [0.29, 0.717) is 6.42 Å². The van der Waals surface area contributed by atoms with Gasteiger partial charge in [-0.3, -0.25) is 0 Å². The zero-order valence-corrected chi connectivity index (χ0v) is 9.80. The predicted octanol–water partition coefficient (Wildman–Crippen LogP) is 3.52. The number of anilines is 2. The van der Waals surface area contributed by atoms with E-state index in [9.17, 15) is 0 Å². The molecule has 17 heavy (non-hydrogen) atoms. The standard InChI is InChI=1S/C15H14N2/c1-17(14-5-3-2-4-6-14)15-9-7-13(8-10-15)11-12-16/h2-10H,11H2,1H3. The molecule has 0 aromatic heterocycles. The summed E-state index contributed by atoms with van der Waals surface area (Å²) in [5.41, 5.74) is 3.33. The van der Waals surface area contributed by atoms with Crippen LogP contribution in [0.4, 0.5) is 11.4 Å². The van der Waals surface area contributed by atoms with E-state index in [1.165, 1.54) is 0 Å². The van der Waals surface area contributed by atoms with Crippen LogP contribution in [0.1, 0.15) is 5.56 Å². The maximum absolute atomic E-state index is 8.62. The largest absolute Gasteiger partial charge is 0.345 e. The molecule has 0 aliphatic carbocycles. The molecule has 2 aromatic rings. The highest BCUT2D eigenvalue weighted by molar-refractivity contribution is 5.62. The van der Waals surface area contributed by atoms with Gasteiger partial charge in [0.05, 0.1) is 12.5 Å². The molecule has 84 valence electrons. The van der Waals surface area contributed by atoms with Crippen LogP contribution >= 0.6 is 0 Å². The van der Waals surface area contributed by atoms with Gasteiger partial charge >= 0.3 is 0 Å². The molecule has 0 bridgehead atoms. The van der Waals surface area contributed by atoms with E-state index in [1.807, 2.05) is 49.5 Å². The van der Waals surface area contributed by atoms with Gasteiger partial charge in [-0.15, -0.1) is 0 Å². The summed E-state index contributed by atoms with van der Waals surface area (Å²) in [4.78, 5) is 2.12. The van der Waals surface area contributed by atoms with Crippen molar-refractivity contribution in [2.24, 2.45) is 0 Å². The monoisotopic (exact) mass is 222 g/mol. The number of benzene rings is 2. The maximum Gasteiger partial charge on any atom is 0.0669 e. The van der Waals surface area contributed by atoms with E-state index in [0.717, 1.165) is 16.9 Å². The minimum absolute atomic E-state index is 0.468. The molecule has 0 aliphatic rings. The van der Waals surface area contributed by atoms with Gasteiger partial charge in [0.25, 0.3) is 0 Å². The van der Waals surface area contributed by atoms with Crippen molar-refractivity contribution < 1.29 is 0 Å². The lowest BCUT2D eigenvalue weighted by Gasteiger charge is -2.19. The molecule has 0 fully saturated rings. The van der Waals surface area contributed by atoms with Crippen LogP contribution < -0.4 is 4.90 Å². The van der Waals surface area contributed by atoms with Crippen molar-refractivity contribution in [3.63, 3.8) is 0 Å². The van der Waals surface area contributed by atoms with Gasteiger partial charge in [-0.25, -0.2) is 0 Å². The molecule has 2 nitrogen and oxygen atoms in total. The summed E-state index contributed by atoms with van der Waals surface area (Å²) in [7, 11) is 2.04. The molecule has 0 saturated carbocycles. The quantitative estimate of drug-likeness (QED) is 0.794. The fraction of sp³-hybridized carbons (Fsp3) is 0.133. The fourth-order valence-electron chi connectivity index (χ4n) is 1.73. The highest BCUT2D eigenvalue weighted by atomic mass is 15.1. The van der Waals surface area contributed by atoms with Crippen molar-refractivity contribution in [3.05, 3.63) is 60.2 Å². The summed E-state index contributed by atoms with van der Waals surface area (Å²) in [5, 5.41) is 8.62. The smallest absolute Gasteiger partial charge is 0.0669 e. The average Bonchev–Trinajstić information content (AvgIpc) is 2.40. The highest BCUT2D eigenvalue weighted by Gasteiger charge is 2.02. The van der Waals surface area contributed by atoms with Crippen LogP contribution in [0.3, 0.4) is 0 Å². The zero-order chi connectivity index (χ0) is 12.1. The predicted molar refractivity (Wildman–Crippen MR) is 70.3 cm³/mol. The van der Waals surface area contributed by atoms with Gasteiger partial charge in [-0.2, -0.15) is 5.26 Å². The first kappa shape index (κ1) is 11.2. The normalized spacial score (nSPS) is 9.65. The van der Waals surface area contributed by atoms with E-state index >= 15 is 0 Å². The maximum atomic E-state index is 8.62. The van der Waals surface area contributed by atoms with Crippen molar-refractivity contribution in [2.45, 2.75) is 6.42 Å². The second-order valence-corrected chi connectivity index (χ2v) is 3.90. The Morgan fingerprint density at radius 3 is 2.12 bits per heavy atom. The first-order chi connectivity index (χ1) is 8.31. The number of hydrogen-bond donors (Lipinski definition) is 0. The third kappa shape index (κ3) is 2.64. The summed E-state index contributed by atoms with van der Waals surface area (Å²) in [6.45, 7) is 0. The Balaban J connectivity index is 2.21. The van der Waals surface area contributed by atoms with E-state index < -0.39 is 0 Å². The molecular weight excluding hydrogens is 208 g/mol. The molecule has 0 amide bonds. The lowest BCUT2D eigenvalue weighted by Crippen LogP contribution is -2.08. The number of para-hydroxylation sites is 1. The van der Waals surface area contributed by atoms with E-state index in [1.54, 1.807) is 0 Å². The molecular formula is C15H14N2. The van der Waals surface area contributed by atoms with Gasteiger partial charge in [0.15, 0.2) is 0 Å². The van der Waals surface area contributed by atoms with Gasteiger partial charge < -0.3 is 4.90 Å². The van der Waals surface area contributed by atoms with Gasteiger partial charge in [-0.05, 0) is 29.8 Å². The summed E-state index contributed by atoms with van der Waals surface area (Å²) >= 11 is 0. The SMILES string of the molecule is CN(c1ccccc1)c1ccc(CC#N)cc1. The van der Waals surface area contributed by atoms with Gasteiger partial charge in [-0.1, -0.05) is 30.3 Å². The number of hydrogen-bond acceptors (Lipinski definition) is 2. The first-order valence-electron chi connectivity index (χ1n) is 5.56. The average molecular weight is 222 g/mol. The summed E-state index contributed by atoms with van der Waals surface area (Å²) < 4.78 is 0. The first-order valence-corrected chi connectivity index (χ1v) is 5.56. The molecule has 0 saturated heterocycles. The molecule has 0 spiro atoms. The Kier molecular flexibility index (Phi) is 3.42. The Labute approximate surface area is 102 Å². The fourth-order valence-corrected chi connectivity index (χ4v) is 1.73. The molecule has 0 aliphatic heterocycles. The lowest BCUT2D eigenvalue weighted by atomic mass is 10.1. The van der Waals surface area contributed by atoms with Gasteiger partial charge in [0, 0.05) is 18.4 Å². The number of nitriles is 1. The van der Waals surface area contributed by atoms with Crippen LogP contribution in [0.5, 0.6) is 0 Å². The molecule has 0 radical (unpaired) electrons. The Morgan fingerprint density at radius 1 is 0.941 bits per heavy atom. The minimum atomic E-state index is 0.468. The van der Waals surface area contributed by atoms with Crippen LogP contribution in [0.15, 0.2) is 54.6 Å². The number of rotatable bonds is 3. The molecule has 2 aromatic carbocycles. The third-order valence-electron chi connectivity index (χ3n) is 2.75. The van der Waals surface area contributed by atoms with Crippen molar-refractivity contribution in [2.75, 3.05) is 11.9 Å². The van der Waals surface area contributed by atoms with E-state index in [2.05, 4.69) is 23.1 Å². The topological polar surface area (TPSA) is 27.0 Å². The van der Waals surface area contributed by atoms with Gasteiger partial charge in [0.1, 0.15) is 0 Å². The van der Waals surface area contributed by atoms with Crippen molar-refractivity contribution in [1.29, 1.82) is 5.26 Å². The molecule has 0 unspecified atom stereocenters. The second kappa shape index (κ2) is 5.18. The van der Waals surface area contributed by atoms with Crippen LogP contribution in [0.25, 0.3) is 0 Å². The molecule has 2 rings (SSSR count). The van der Waals surface area contributed by atoms with Crippen LogP contribution in [0.2, 0.25) is 0 Å². The van der Waals surface area contributed by atoms with Crippen molar-refractivity contribution >= 4 is 11.4 Å². The Bertz CT molecular complexity index is 509. The van der Waals surface area contributed by atoms with Crippen molar-refractivity contribution in [3.8, 4) is 6.07 Å². The lowest BCUT2D eigenvalue weighted by molar-refractivity contribution is 1.19. The van der Waals surface area contributed by atoms with Crippen LogP contribution in [-0.4, -0.2) is 7.05 Å². The van der Waals surface area contributed by atoms with Gasteiger partial charge in [0.2, 0.25) is 0 Å². The van der Waals surface area contributed by atoms with Crippen LogP contribution in [-0.2, 0) is 6.42 Å². The Morgan fingerprint density at radius 2 is 1.53 bits per heavy atom. The van der Waals surface area contributed by atoms with E-state index in [-0.39, 0.29) is 0 Å². The summed E-state index contributed by atoms with van der Waals surface area (Å²) in [5.74, 6) is 0. The molecule has 0 N–H and O–H groups in total. The highest BCUT2D eigenvalue weighted by Crippen LogP contribution is 2.23. The molecule has 0 atom stereocenters. The Hall–Kier alpha value is -2.27. The zero-order valence-electron chi connectivity index (χ0n) is 9.80. The third-order valence-corrected chi connectivity index (χ3v) is 2.75. The number of nitrogens with zero attached hydrogens (tertiary/aromatic N) is 2.